The Bertz CT molecular complexity index is 793. The van der Waals surface area contributed by atoms with Gasteiger partial charge in [-0.25, -0.2) is 4.98 Å². The number of piperidine rings is 1. The van der Waals surface area contributed by atoms with Gasteiger partial charge >= 0.3 is 0 Å². The standard InChI is InChI=1S/C22H24N2O2/c1-3-7-18(8-4-1)17-25-20-11-13-24(14-12-20)16-22-23-15-21(26-22)19-9-5-2-6-10-19/h1-10,15,20H,11-14,16-17H2. The zero-order valence-electron chi connectivity index (χ0n) is 14.9. The summed E-state index contributed by atoms with van der Waals surface area (Å²) >= 11 is 0. The van der Waals surface area contributed by atoms with Gasteiger partial charge in [-0.3, -0.25) is 4.90 Å². The van der Waals surface area contributed by atoms with Gasteiger partial charge in [-0.1, -0.05) is 60.7 Å². The highest BCUT2D eigenvalue weighted by molar-refractivity contribution is 5.55. The van der Waals surface area contributed by atoms with Gasteiger partial charge in [0.05, 0.1) is 25.5 Å². The molecule has 1 aliphatic heterocycles. The first-order valence-electron chi connectivity index (χ1n) is 9.25. The molecule has 4 nitrogen and oxygen atoms in total. The van der Waals surface area contributed by atoms with E-state index in [1.165, 1.54) is 5.56 Å². The van der Waals surface area contributed by atoms with Crippen LogP contribution in [0.1, 0.15) is 24.3 Å². The maximum Gasteiger partial charge on any atom is 0.209 e. The van der Waals surface area contributed by atoms with E-state index >= 15 is 0 Å². The van der Waals surface area contributed by atoms with Gasteiger partial charge in [-0.15, -0.1) is 0 Å². The first kappa shape index (κ1) is 17.0. The second-order valence-electron chi connectivity index (χ2n) is 6.76. The van der Waals surface area contributed by atoms with Crippen LogP contribution in [0.25, 0.3) is 11.3 Å². The van der Waals surface area contributed by atoms with Crippen molar-refractivity contribution in [2.24, 2.45) is 0 Å². The van der Waals surface area contributed by atoms with E-state index in [4.69, 9.17) is 9.15 Å². The molecule has 0 atom stereocenters. The molecule has 0 radical (unpaired) electrons. The fraction of sp³-hybridized carbons (Fsp3) is 0.318. The van der Waals surface area contributed by atoms with Crippen molar-refractivity contribution in [2.75, 3.05) is 13.1 Å². The molecule has 1 aromatic heterocycles. The van der Waals surface area contributed by atoms with Crippen LogP contribution in [0.5, 0.6) is 0 Å². The fourth-order valence-electron chi connectivity index (χ4n) is 3.33. The van der Waals surface area contributed by atoms with Crippen molar-refractivity contribution in [3.05, 3.63) is 78.3 Å². The number of aromatic nitrogens is 1. The van der Waals surface area contributed by atoms with Gasteiger partial charge in [0, 0.05) is 18.7 Å². The fourth-order valence-corrected chi connectivity index (χ4v) is 3.33. The molecule has 0 unspecified atom stereocenters. The summed E-state index contributed by atoms with van der Waals surface area (Å²) in [5.74, 6) is 1.62. The molecule has 26 heavy (non-hydrogen) atoms. The zero-order valence-corrected chi connectivity index (χ0v) is 14.9. The predicted molar refractivity (Wildman–Crippen MR) is 101 cm³/mol. The molecule has 1 fully saturated rings. The van der Waals surface area contributed by atoms with Crippen molar-refractivity contribution in [3.63, 3.8) is 0 Å². The molecule has 0 N–H and O–H groups in total. The number of ether oxygens (including phenoxy) is 1. The van der Waals surface area contributed by atoms with Gasteiger partial charge in [0.15, 0.2) is 5.76 Å². The molecular weight excluding hydrogens is 324 g/mol. The quantitative estimate of drug-likeness (QED) is 0.656. The maximum atomic E-state index is 6.06. The van der Waals surface area contributed by atoms with Gasteiger partial charge < -0.3 is 9.15 Å². The van der Waals surface area contributed by atoms with Crippen LogP contribution in [-0.4, -0.2) is 29.1 Å². The van der Waals surface area contributed by atoms with E-state index in [1.54, 1.807) is 0 Å². The minimum atomic E-state index is 0.343. The second-order valence-corrected chi connectivity index (χ2v) is 6.76. The Morgan fingerprint density at radius 1 is 0.962 bits per heavy atom. The molecule has 0 aliphatic carbocycles. The third-order valence-electron chi connectivity index (χ3n) is 4.83. The Balaban J connectivity index is 1.25. The van der Waals surface area contributed by atoms with E-state index in [0.29, 0.717) is 12.7 Å². The molecule has 4 heteroatoms. The van der Waals surface area contributed by atoms with E-state index in [2.05, 4.69) is 34.1 Å². The Kier molecular flexibility index (Phi) is 5.43. The SMILES string of the molecule is c1ccc(COC2CCN(Cc3ncc(-c4ccccc4)o3)CC2)cc1. The van der Waals surface area contributed by atoms with Crippen molar-refractivity contribution in [3.8, 4) is 11.3 Å². The lowest BCUT2D eigenvalue weighted by molar-refractivity contribution is -0.00525. The molecule has 0 spiro atoms. The second kappa shape index (κ2) is 8.30. The van der Waals surface area contributed by atoms with Crippen LogP contribution in [0.3, 0.4) is 0 Å². The molecule has 134 valence electrons. The number of hydrogen-bond acceptors (Lipinski definition) is 4. The van der Waals surface area contributed by atoms with E-state index < -0.39 is 0 Å². The number of likely N-dealkylation sites (tertiary alicyclic amines) is 1. The Hall–Kier alpha value is -2.43. The van der Waals surface area contributed by atoms with Gasteiger partial charge in [0.1, 0.15) is 0 Å². The highest BCUT2D eigenvalue weighted by atomic mass is 16.5. The molecule has 0 amide bonds. The summed E-state index contributed by atoms with van der Waals surface area (Å²) in [4.78, 5) is 6.83. The zero-order chi connectivity index (χ0) is 17.6. The third kappa shape index (κ3) is 4.40. The van der Waals surface area contributed by atoms with Crippen LogP contribution in [0, 0.1) is 0 Å². The molecular formula is C22H24N2O2. The van der Waals surface area contributed by atoms with Crippen LogP contribution in [0.2, 0.25) is 0 Å². The van der Waals surface area contributed by atoms with Gasteiger partial charge in [-0.05, 0) is 18.4 Å². The van der Waals surface area contributed by atoms with Crippen LogP contribution in [0.4, 0.5) is 0 Å². The summed E-state index contributed by atoms with van der Waals surface area (Å²) in [5, 5.41) is 0. The number of rotatable bonds is 6. The normalized spacial score (nSPS) is 16.0. The molecule has 4 rings (SSSR count). The summed E-state index contributed by atoms with van der Waals surface area (Å²) in [5.41, 5.74) is 2.31. The maximum absolute atomic E-state index is 6.06. The largest absolute Gasteiger partial charge is 0.439 e. The summed E-state index contributed by atoms with van der Waals surface area (Å²) in [6, 6.07) is 20.5. The summed E-state index contributed by atoms with van der Waals surface area (Å²) in [6.45, 7) is 3.49. The molecule has 0 saturated carbocycles. The van der Waals surface area contributed by atoms with E-state index in [1.807, 2.05) is 42.6 Å². The lowest BCUT2D eigenvalue weighted by atomic mass is 10.1. The van der Waals surface area contributed by atoms with Gasteiger partial charge in [0.2, 0.25) is 5.89 Å². The highest BCUT2D eigenvalue weighted by Crippen LogP contribution is 2.22. The topological polar surface area (TPSA) is 38.5 Å². The average molecular weight is 348 g/mol. The first-order valence-corrected chi connectivity index (χ1v) is 9.25. The van der Waals surface area contributed by atoms with Crippen molar-refractivity contribution in [1.82, 2.24) is 9.88 Å². The van der Waals surface area contributed by atoms with Crippen molar-refractivity contribution >= 4 is 0 Å². The minimum absolute atomic E-state index is 0.343. The van der Waals surface area contributed by atoms with Crippen molar-refractivity contribution in [1.29, 1.82) is 0 Å². The van der Waals surface area contributed by atoms with Crippen LogP contribution in [0.15, 0.2) is 71.3 Å². The Morgan fingerprint density at radius 3 is 2.38 bits per heavy atom. The Labute approximate surface area is 154 Å². The van der Waals surface area contributed by atoms with Crippen LogP contribution < -0.4 is 0 Å². The van der Waals surface area contributed by atoms with Gasteiger partial charge in [-0.2, -0.15) is 0 Å². The van der Waals surface area contributed by atoms with Crippen LogP contribution in [-0.2, 0) is 17.9 Å². The smallest absolute Gasteiger partial charge is 0.209 e. The number of hydrogen-bond donors (Lipinski definition) is 0. The predicted octanol–water partition coefficient (Wildman–Crippen LogP) is 4.52. The molecule has 3 aromatic rings. The lowest BCUT2D eigenvalue weighted by Gasteiger charge is -2.31. The van der Waals surface area contributed by atoms with Gasteiger partial charge in [0.25, 0.3) is 0 Å². The van der Waals surface area contributed by atoms with Crippen molar-refractivity contribution in [2.45, 2.75) is 32.1 Å². The first-order chi connectivity index (χ1) is 12.9. The lowest BCUT2D eigenvalue weighted by Crippen LogP contribution is -2.36. The summed E-state index contributed by atoms with van der Waals surface area (Å²) in [7, 11) is 0. The monoisotopic (exact) mass is 348 g/mol. The third-order valence-corrected chi connectivity index (χ3v) is 4.83. The van der Waals surface area contributed by atoms with Crippen LogP contribution >= 0.6 is 0 Å². The number of nitrogens with zero attached hydrogens (tertiary/aromatic N) is 2. The number of benzene rings is 2. The summed E-state index contributed by atoms with van der Waals surface area (Å²) < 4.78 is 12.0. The van der Waals surface area contributed by atoms with E-state index in [9.17, 15) is 0 Å². The molecule has 2 heterocycles. The molecule has 1 aliphatic rings. The average Bonchev–Trinajstić information content (AvgIpc) is 3.17. The molecule has 2 aromatic carbocycles. The molecule has 0 bridgehead atoms. The van der Waals surface area contributed by atoms with E-state index in [0.717, 1.165) is 49.7 Å². The minimum Gasteiger partial charge on any atom is -0.439 e. The Morgan fingerprint density at radius 2 is 1.65 bits per heavy atom. The number of oxazole rings is 1. The highest BCUT2D eigenvalue weighted by Gasteiger charge is 2.21. The van der Waals surface area contributed by atoms with Crippen molar-refractivity contribution < 1.29 is 9.15 Å². The summed E-state index contributed by atoms with van der Waals surface area (Å²) in [6.07, 6.45) is 4.27. The van der Waals surface area contributed by atoms with E-state index in [-0.39, 0.29) is 0 Å². The molecule has 1 saturated heterocycles.